The molecule has 0 saturated carbocycles. The van der Waals surface area contributed by atoms with Crippen molar-refractivity contribution in [2.24, 2.45) is 0 Å². The number of hydrogen-bond donors (Lipinski definition) is 1. The molecular formula is C33H35N3O6. The zero-order valence-electron chi connectivity index (χ0n) is 24.9. The highest BCUT2D eigenvalue weighted by Gasteiger charge is 2.42. The molecule has 0 spiro atoms. The molecule has 1 atom stereocenters. The van der Waals surface area contributed by atoms with Gasteiger partial charge in [-0.2, -0.15) is 0 Å². The van der Waals surface area contributed by atoms with Gasteiger partial charge >= 0.3 is 0 Å². The molecule has 218 valence electrons. The number of benzene rings is 3. The van der Waals surface area contributed by atoms with Crippen LogP contribution in [0.15, 0.2) is 60.7 Å². The summed E-state index contributed by atoms with van der Waals surface area (Å²) in [6.07, 6.45) is 0. The molecule has 1 unspecified atom stereocenters. The van der Waals surface area contributed by atoms with Crippen molar-refractivity contribution in [3.63, 3.8) is 0 Å². The fourth-order valence-corrected chi connectivity index (χ4v) is 5.42. The van der Waals surface area contributed by atoms with Crippen LogP contribution in [0.2, 0.25) is 0 Å². The minimum Gasteiger partial charge on any atom is -0.497 e. The Morgan fingerprint density at radius 2 is 1.55 bits per heavy atom. The van der Waals surface area contributed by atoms with Gasteiger partial charge in [-0.3, -0.25) is 14.6 Å². The predicted molar refractivity (Wildman–Crippen MR) is 160 cm³/mol. The molecule has 3 aromatic carbocycles. The van der Waals surface area contributed by atoms with Crippen LogP contribution in [0.4, 0.5) is 0 Å². The molecule has 1 N–H and O–H groups in total. The lowest BCUT2D eigenvalue weighted by Crippen LogP contribution is -2.48. The van der Waals surface area contributed by atoms with E-state index in [0.717, 1.165) is 22.0 Å². The number of aromatic nitrogens is 1. The second-order valence-electron chi connectivity index (χ2n) is 11.1. The second-order valence-corrected chi connectivity index (χ2v) is 11.1. The van der Waals surface area contributed by atoms with Gasteiger partial charge in [-0.05, 0) is 62.2 Å². The van der Waals surface area contributed by atoms with Gasteiger partial charge in [-0.15, -0.1) is 0 Å². The van der Waals surface area contributed by atoms with E-state index in [9.17, 15) is 9.59 Å². The van der Waals surface area contributed by atoms with Crippen molar-refractivity contribution < 1.29 is 28.5 Å². The van der Waals surface area contributed by atoms with Crippen molar-refractivity contribution in [2.75, 3.05) is 28.4 Å². The van der Waals surface area contributed by atoms with Gasteiger partial charge in [0.15, 0.2) is 11.5 Å². The number of rotatable bonds is 8. The third-order valence-corrected chi connectivity index (χ3v) is 7.19. The van der Waals surface area contributed by atoms with Crippen LogP contribution < -0.4 is 24.3 Å². The zero-order chi connectivity index (χ0) is 30.2. The lowest BCUT2D eigenvalue weighted by Gasteiger charge is -2.31. The van der Waals surface area contributed by atoms with E-state index in [0.29, 0.717) is 39.8 Å². The molecular weight excluding hydrogens is 534 g/mol. The molecule has 1 aliphatic rings. The van der Waals surface area contributed by atoms with Gasteiger partial charge in [0, 0.05) is 16.5 Å². The molecule has 1 aliphatic heterocycles. The van der Waals surface area contributed by atoms with Crippen LogP contribution in [-0.2, 0) is 11.3 Å². The predicted octanol–water partition coefficient (Wildman–Crippen LogP) is 5.55. The normalized spacial score (nSPS) is 13.5. The minimum absolute atomic E-state index is 0.134. The van der Waals surface area contributed by atoms with Crippen LogP contribution in [0, 0.1) is 0 Å². The van der Waals surface area contributed by atoms with Crippen LogP contribution in [-0.4, -0.2) is 55.7 Å². The van der Waals surface area contributed by atoms with Gasteiger partial charge in [-0.1, -0.05) is 30.3 Å². The maximum Gasteiger partial charge on any atom is 0.257 e. The molecule has 0 radical (unpaired) electrons. The summed E-state index contributed by atoms with van der Waals surface area (Å²) >= 11 is 0. The first-order valence-corrected chi connectivity index (χ1v) is 13.6. The lowest BCUT2D eigenvalue weighted by molar-refractivity contribution is -0.127. The Hall–Kier alpha value is -4.79. The fourth-order valence-electron chi connectivity index (χ4n) is 5.42. The van der Waals surface area contributed by atoms with E-state index in [-0.39, 0.29) is 18.4 Å². The summed E-state index contributed by atoms with van der Waals surface area (Å²) in [6, 6.07) is 17.7. The largest absolute Gasteiger partial charge is 0.497 e. The van der Waals surface area contributed by atoms with E-state index in [4.69, 9.17) is 23.9 Å². The number of nitrogens with zero attached hydrogens (tertiary/aromatic N) is 2. The number of fused-ring (bicyclic) bond motifs is 2. The number of amides is 2. The summed E-state index contributed by atoms with van der Waals surface area (Å²) in [7, 11) is 6.14. The molecule has 5 rings (SSSR count). The highest BCUT2D eigenvalue weighted by molar-refractivity contribution is 6.12. The minimum atomic E-state index is -1.01. The molecule has 2 heterocycles. The maximum absolute atomic E-state index is 14.5. The third kappa shape index (κ3) is 5.18. The van der Waals surface area contributed by atoms with Gasteiger partial charge in [0.25, 0.3) is 5.91 Å². The van der Waals surface area contributed by atoms with E-state index in [1.54, 1.807) is 24.1 Å². The average molecular weight is 570 g/mol. The average Bonchev–Trinajstić information content (AvgIpc) is 3.29. The summed E-state index contributed by atoms with van der Waals surface area (Å²) < 4.78 is 22.2. The standard InChI is InChI=1S/C33H35N3O6/c1-33(2,3)35-31(37)29(20-15-25(40-5)30(42-7)26(16-20)41-6)36-18-24-28(32(36)38)27(19-11-9-8-10-12-19)22-17-21(39-4)13-14-23(22)34-24/h8-17,29H,18H2,1-7H3,(H,35,37). The number of methoxy groups -OCH3 is 4. The van der Waals surface area contributed by atoms with E-state index in [1.165, 1.54) is 21.3 Å². The van der Waals surface area contributed by atoms with Crippen LogP contribution in [0.5, 0.6) is 23.0 Å². The van der Waals surface area contributed by atoms with Crippen LogP contribution in [0.25, 0.3) is 22.0 Å². The van der Waals surface area contributed by atoms with Crippen molar-refractivity contribution in [1.82, 2.24) is 15.2 Å². The topological polar surface area (TPSA) is 99.2 Å². The number of nitrogens with one attached hydrogen (secondary N) is 1. The van der Waals surface area contributed by atoms with Gasteiger partial charge in [0.1, 0.15) is 11.8 Å². The van der Waals surface area contributed by atoms with Gasteiger partial charge in [-0.25, -0.2) is 0 Å². The van der Waals surface area contributed by atoms with Crippen molar-refractivity contribution in [3.8, 4) is 34.1 Å². The molecule has 0 bridgehead atoms. The molecule has 2 amide bonds. The number of ether oxygens (including phenoxy) is 4. The smallest absolute Gasteiger partial charge is 0.257 e. The SMILES string of the molecule is COc1ccc2nc3c(c(-c4ccccc4)c2c1)C(=O)N(C(C(=O)NC(C)(C)C)c1cc(OC)c(OC)c(OC)c1)C3. The number of pyridine rings is 1. The molecule has 1 aromatic heterocycles. The number of hydrogen-bond acceptors (Lipinski definition) is 7. The van der Waals surface area contributed by atoms with Crippen molar-refractivity contribution in [1.29, 1.82) is 0 Å². The van der Waals surface area contributed by atoms with Gasteiger partial charge in [0.05, 0.1) is 51.8 Å². The Balaban J connectivity index is 1.72. The van der Waals surface area contributed by atoms with E-state index >= 15 is 0 Å². The molecule has 9 heteroatoms. The first kappa shape index (κ1) is 28.7. The summed E-state index contributed by atoms with van der Waals surface area (Å²) in [4.78, 5) is 35.0. The van der Waals surface area contributed by atoms with E-state index < -0.39 is 11.6 Å². The summed E-state index contributed by atoms with van der Waals surface area (Å²) in [6.45, 7) is 5.82. The van der Waals surface area contributed by atoms with E-state index in [1.807, 2.05) is 69.3 Å². The molecule has 4 aromatic rings. The second kappa shape index (κ2) is 11.2. The Bertz CT molecular complexity index is 1640. The van der Waals surface area contributed by atoms with Crippen LogP contribution in [0.3, 0.4) is 0 Å². The Kier molecular flexibility index (Phi) is 7.69. The zero-order valence-corrected chi connectivity index (χ0v) is 24.9. The lowest BCUT2D eigenvalue weighted by atomic mass is 9.94. The molecule has 0 fully saturated rings. The molecule has 9 nitrogen and oxygen atoms in total. The van der Waals surface area contributed by atoms with Crippen LogP contribution in [0.1, 0.15) is 48.4 Å². The fraction of sp³-hybridized carbons (Fsp3) is 0.303. The Morgan fingerprint density at radius 3 is 2.12 bits per heavy atom. The quantitative estimate of drug-likeness (QED) is 0.297. The maximum atomic E-state index is 14.5. The first-order valence-electron chi connectivity index (χ1n) is 13.6. The van der Waals surface area contributed by atoms with Gasteiger partial charge in [0.2, 0.25) is 11.7 Å². The molecule has 0 aliphatic carbocycles. The van der Waals surface area contributed by atoms with Gasteiger partial charge < -0.3 is 29.2 Å². The highest BCUT2D eigenvalue weighted by Crippen LogP contribution is 2.44. The summed E-state index contributed by atoms with van der Waals surface area (Å²) in [5.74, 6) is 1.16. The van der Waals surface area contributed by atoms with Crippen molar-refractivity contribution >= 4 is 22.7 Å². The van der Waals surface area contributed by atoms with E-state index in [2.05, 4.69) is 5.32 Å². The van der Waals surface area contributed by atoms with Crippen LogP contribution >= 0.6 is 0 Å². The van der Waals surface area contributed by atoms with Crippen molar-refractivity contribution in [2.45, 2.75) is 38.9 Å². The summed E-state index contributed by atoms with van der Waals surface area (Å²) in [5, 5.41) is 3.85. The third-order valence-electron chi connectivity index (χ3n) is 7.19. The molecule has 42 heavy (non-hydrogen) atoms. The Labute approximate surface area is 245 Å². The highest BCUT2D eigenvalue weighted by atomic mass is 16.5. The Morgan fingerprint density at radius 1 is 0.881 bits per heavy atom. The monoisotopic (exact) mass is 569 g/mol. The number of carbonyl (C=O) groups is 2. The van der Waals surface area contributed by atoms with Crippen molar-refractivity contribution in [3.05, 3.63) is 77.5 Å². The first-order chi connectivity index (χ1) is 20.1. The number of carbonyl (C=O) groups excluding carboxylic acids is 2. The molecule has 0 saturated heterocycles. The summed E-state index contributed by atoms with van der Waals surface area (Å²) in [5.41, 5.74) is 3.37.